The number of fused-ring (bicyclic) bond motifs is 1. The normalized spacial score (nSPS) is 11.6. The quantitative estimate of drug-likeness (QED) is 0.562. The molecule has 118 valence electrons. The van der Waals surface area contributed by atoms with Crippen molar-refractivity contribution >= 4 is 16.7 Å². The van der Waals surface area contributed by atoms with Crippen molar-refractivity contribution in [2.24, 2.45) is 4.99 Å². The van der Waals surface area contributed by atoms with Gasteiger partial charge in [0.25, 0.3) is 0 Å². The first-order valence-corrected chi connectivity index (χ1v) is 7.66. The van der Waals surface area contributed by atoms with Crippen LogP contribution >= 0.6 is 0 Å². The average Bonchev–Trinajstić information content (AvgIpc) is 3.11. The maximum absolute atomic E-state index is 5.32. The average molecular weight is 308 g/mol. The first-order chi connectivity index (χ1) is 11.4. The summed E-state index contributed by atoms with van der Waals surface area (Å²) in [5, 5.41) is 8.94. The maximum Gasteiger partial charge on any atom is 0.191 e. The van der Waals surface area contributed by atoms with Crippen LogP contribution in [0.1, 0.15) is 11.5 Å². The number of hydrogen-bond acceptors (Lipinski definition) is 3. The second kappa shape index (κ2) is 7.45. The SMILES string of the molecule is CN=C(NCCc1ccco1)NCc1nccc2ccccc12. The summed E-state index contributed by atoms with van der Waals surface area (Å²) in [7, 11) is 1.76. The molecular weight excluding hydrogens is 288 g/mol. The molecule has 5 nitrogen and oxygen atoms in total. The summed E-state index contributed by atoms with van der Waals surface area (Å²) in [5.41, 5.74) is 1.01. The van der Waals surface area contributed by atoms with Gasteiger partial charge in [0.2, 0.25) is 0 Å². The van der Waals surface area contributed by atoms with Gasteiger partial charge in [0.15, 0.2) is 5.96 Å². The van der Waals surface area contributed by atoms with Gasteiger partial charge in [0.1, 0.15) is 5.76 Å². The first-order valence-electron chi connectivity index (χ1n) is 7.66. The van der Waals surface area contributed by atoms with Crippen molar-refractivity contribution in [1.29, 1.82) is 0 Å². The third-order valence-electron chi connectivity index (χ3n) is 3.65. The summed E-state index contributed by atoms with van der Waals surface area (Å²) in [6.45, 7) is 1.39. The minimum Gasteiger partial charge on any atom is -0.469 e. The Bertz CT molecular complexity index is 775. The van der Waals surface area contributed by atoms with E-state index in [-0.39, 0.29) is 0 Å². The molecule has 0 amide bonds. The Morgan fingerprint density at radius 2 is 2.04 bits per heavy atom. The van der Waals surface area contributed by atoms with Crippen LogP contribution in [0.25, 0.3) is 10.8 Å². The zero-order valence-electron chi connectivity index (χ0n) is 13.1. The lowest BCUT2D eigenvalue weighted by atomic mass is 10.1. The molecule has 0 aliphatic carbocycles. The number of aromatic nitrogens is 1. The van der Waals surface area contributed by atoms with Crippen LogP contribution in [0.3, 0.4) is 0 Å². The monoisotopic (exact) mass is 308 g/mol. The summed E-state index contributed by atoms with van der Waals surface area (Å²) >= 11 is 0. The molecule has 5 heteroatoms. The van der Waals surface area contributed by atoms with Gasteiger partial charge in [-0.15, -0.1) is 0 Å². The number of nitrogens with zero attached hydrogens (tertiary/aromatic N) is 2. The first kappa shape index (κ1) is 15.1. The van der Waals surface area contributed by atoms with E-state index < -0.39 is 0 Å². The predicted octanol–water partition coefficient (Wildman–Crippen LogP) is 2.74. The Labute approximate surface area is 135 Å². The molecule has 0 bridgehead atoms. The molecule has 2 heterocycles. The van der Waals surface area contributed by atoms with Gasteiger partial charge in [0.05, 0.1) is 18.5 Å². The highest BCUT2D eigenvalue weighted by Gasteiger charge is 2.04. The third-order valence-corrected chi connectivity index (χ3v) is 3.65. The van der Waals surface area contributed by atoms with E-state index in [1.807, 2.05) is 36.5 Å². The van der Waals surface area contributed by atoms with Gasteiger partial charge in [-0.3, -0.25) is 9.98 Å². The fourth-order valence-corrected chi connectivity index (χ4v) is 2.47. The number of benzene rings is 1. The van der Waals surface area contributed by atoms with Crippen molar-refractivity contribution in [2.75, 3.05) is 13.6 Å². The Kier molecular flexibility index (Phi) is 4.88. The molecule has 0 radical (unpaired) electrons. The number of guanidine groups is 1. The highest BCUT2D eigenvalue weighted by atomic mass is 16.3. The van der Waals surface area contributed by atoms with Crippen LogP contribution in [0.4, 0.5) is 0 Å². The second-order valence-electron chi connectivity index (χ2n) is 5.16. The van der Waals surface area contributed by atoms with E-state index in [1.165, 1.54) is 5.39 Å². The smallest absolute Gasteiger partial charge is 0.191 e. The van der Waals surface area contributed by atoms with Crippen molar-refractivity contribution in [3.63, 3.8) is 0 Å². The van der Waals surface area contributed by atoms with E-state index in [4.69, 9.17) is 4.42 Å². The van der Waals surface area contributed by atoms with Crippen molar-refractivity contribution in [2.45, 2.75) is 13.0 Å². The molecule has 0 fully saturated rings. The van der Waals surface area contributed by atoms with Crippen LogP contribution in [0.15, 0.2) is 64.3 Å². The summed E-state index contributed by atoms with van der Waals surface area (Å²) in [4.78, 5) is 8.71. The van der Waals surface area contributed by atoms with E-state index in [0.717, 1.165) is 35.8 Å². The molecule has 3 rings (SSSR count). The number of rotatable bonds is 5. The number of pyridine rings is 1. The van der Waals surface area contributed by atoms with Crippen LogP contribution in [-0.4, -0.2) is 24.5 Å². The molecule has 0 aliphatic heterocycles. The van der Waals surface area contributed by atoms with E-state index in [9.17, 15) is 0 Å². The molecule has 0 spiro atoms. The summed E-state index contributed by atoms with van der Waals surface area (Å²) in [6, 6.07) is 14.1. The maximum atomic E-state index is 5.32. The lowest BCUT2D eigenvalue weighted by Gasteiger charge is -2.12. The molecular formula is C18H20N4O. The Hall–Kier alpha value is -2.82. The predicted molar refractivity (Wildman–Crippen MR) is 92.4 cm³/mol. The number of nitrogens with one attached hydrogen (secondary N) is 2. The van der Waals surface area contributed by atoms with Gasteiger partial charge in [-0.25, -0.2) is 0 Å². The molecule has 0 atom stereocenters. The van der Waals surface area contributed by atoms with Crippen molar-refractivity contribution in [3.05, 3.63) is 66.4 Å². The van der Waals surface area contributed by atoms with Gasteiger partial charge in [-0.05, 0) is 23.6 Å². The zero-order chi connectivity index (χ0) is 15.9. The van der Waals surface area contributed by atoms with E-state index in [0.29, 0.717) is 6.54 Å². The molecule has 23 heavy (non-hydrogen) atoms. The van der Waals surface area contributed by atoms with Crippen LogP contribution < -0.4 is 10.6 Å². The summed E-state index contributed by atoms with van der Waals surface area (Å²) in [5.74, 6) is 1.72. The molecule has 3 aromatic rings. The fraction of sp³-hybridized carbons (Fsp3) is 0.222. The molecule has 2 N–H and O–H groups in total. The highest BCUT2D eigenvalue weighted by molar-refractivity contribution is 5.85. The Morgan fingerprint density at radius 1 is 1.13 bits per heavy atom. The molecule has 2 aromatic heterocycles. The van der Waals surface area contributed by atoms with Gasteiger partial charge in [-0.1, -0.05) is 24.3 Å². The van der Waals surface area contributed by atoms with Gasteiger partial charge < -0.3 is 15.1 Å². The number of aliphatic imine (C=N–C) groups is 1. The van der Waals surface area contributed by atoms with Crippen molar-refractivity contribution in [1.82, 2.24) is 15.6 Å². The molecule has 0 aliphatic rings. The zero-order valence-corrected chi connectivity index (χ0v) is 13.1. The number of hydrogen-bond donors (Lipinski definition) is 2. The van der Waals surface area contributed by atoms with Crippen molar-refractivity contribution in [3.8, 4) is 0 Å². The third kappa shape index (κ3) is 3.88. The molecule has 0 saturated carbocycles. The van der Waals surface area contributed by atoms with Gasteiger partial charge in [-0.2, -0.15) is 0 Å². The molecule has 0 unspecified atom stereocenters. The van der Waals surface area contributed by atoms with Crippen LogP contribution in [-0.2, 0) is 13.0 Å². The Balaban J connectivity index is 1.57. The van der Waals surface area contributed by atoms with Crippen LogP contribution in [0.5, 0.6) is 0 Å². The van der Waals surface area contributed by atoms with E-state index >= 15 is 0 Å². The fourth-order valence-electron chi connectivity index (χ4n) is 2.47. The van der Waals surface area contributed by atoms with E-state index in [2.05, 4.69) is 32.7 Å². The minimum absolute atomic E-state index is 0.627. The highest BCUT2D eigenvalue weighted by Crippen LogP contribution is 2.15. The minimum atomic E-state index is 0.627. The van der Waals surface area contributed by atoms with E-state index in [1.54, 1.807) is 13.3 Å². The standard InChI is InChI=1S/C18H20N4O/c1-19-18(21-11-9-15-6-4-12-23-15)22-13-17-16-7-3-2-5-14(16)8-10-20-17/h2-8,10,12H,9,11,13H2,1H3,(H2,19,21,22). The van der Waals surface area contributed by atoms with Crippen LogP contribution in [0.2, 0.25) is 0 Å². The Morgan fingerprint density at radius 3 is 2.87 bits per heavy atom. The number of furan rings is 1. The van der Waals surface area contributed by atoms with Crippen LogP contribution in [0, 0.1) is 0 Å². The van der Waals surface area contributed by atoms with Gasteiger partial charge >= 0.3 is 0 Å². The lowest BCUT2D eigenvalue weighted by Crippen LogP contribution is -2.38. The topological polar surface area (TPSA) is 62.5 Å². The molecule has 0 saturated heterocycles. The second-order valence-corrected chi connectivity index (χ2v) is 5.16. The largest absolute Gasteiger partial charge is 0.469 e. The summed E-state index contributed by atoms with van der Waals surface area (Å²) < 4.78 is 5.32. The lowest BCUT2D eigenvalue weighted by molar-refractivity contribution is 0.507. The summed E-state index contributed by atoms with van der Waals surface area (Å²) in [6.07, 6.45) is 4.35. The van der Waals surface area contributed by atoms with Gasteiger partial charge in [0, 0.05) is 31.6 Å². The van der Waals surface area contributed by atoms with Crippen molar-refractivity contribution < 1.29 is 4.42 Å². The molecule has 1 aromatic carbocycles.